The van der Waals surface area contributed by atoms with Gasteiger partial charge in [0.15, 0.2) is 11.5 Å². The van der Waals surface area contributed by atoms with Crippen molar-refractivity contribution in [2.24, 2.45) is 5.14 Å². The minimum Gasteiger partial charge on any atom is -0.485 e. The Bertz CT molecular complexity index is 1010. The molecule has 4 N–H and O–H groups in total. The number of benzene rings is 1. The summed E-state index contributed by atoms with van der Waals surface area (Å²) in [5.41, 5.74) is 4.03. The fraction of sp³-hybridized carbons (Fsp3) is 0.250. The van der Waals surface area contributed by atoms with Crippen LogP contribution in [0.2, 0.25) is 0 Å². The first-order chi connectivity index (χ1) is 12.7. The van der Waals surface area contributed by atoms with Crippen LogP contribution in [0.3, 0.4) is 0 Å². The lowest BCUT2D eigenvalue weighted by atomic mass is 10.2. The van der Waals surface area contributed by atoms with E-state index in [0.29, 0.717) is 11.5 Å². The highest BCUT2D eigenvalue weighted by Gasteiger charge is 2.31. The fourth-order valence-corrected chi connectivity index (χ4v) is 3.64. The van der Waals surface area contributed by atoms with Gasteiger partial charge in [-0.3, -0.25) is 20.4 Å². The number of hydrazine groups is 1. The molecule has 0 fully saturated rings. The Labute approximate surface area is 154 Å². The fourth-order valence-electron chi connectivity index (χ4n) is 2.68. The lowest BCUT2D eigenvalue weighted by Gasteiger charge is -2.25. The molecule has 1 aliphatic heterocycles. The molecular weight excluding hydrogens is 378 g/mol. The second-order valence-electron chi connectivity index (χ2n) is 5.77. The van der Waals surface area contributed by atoms with Crippen molar-refractivity contribution in [1.29, 1.82) is 0 Å². The average Bonchev–Trinajstić information content (AvgIpc) is 2.93. The van der Waals surface area contributed by atoms with E-state index in [4.69, 9.17) is 19.0 Å². The number of rotatable bonds is 3. The number of para-hydroxylation sites is 2. The molecule has 1 aliphatic rings. The zero-order valence-electron chi connectivity index (χ0n) is 14.4. The van der Waals surface area contributed by atoms with Gasteiger partial charge in [-0.1, -0.05) is 12.1 Å². The number of aryl methyl sites for hydroxylation is 2. The Morgan fingerprint density at radius 1 is 1.11 bits per heavy atom. The highest BCUT2D eigenvalue weighted by molar-refractivity contribution is 7.89. The molecule has 1 unspecified atom stereocenters. The maximum atomic E-state index is 12.4. The number of fused-ring (bicyclic) bond motifs is 1. The number of carbonyl (C=O) groups is 2. The predicted octanol–water partition coefficient (Wildman–Crippen LogP) is 0.145. The molecule has 27 heavy (non-hydrogen) atoms. The van der Waals surface area contributed by atoms with E-state index in [9.17, 15) is 18.0 Å². The molecule has 1 aromatic carbocycles. The van der Waals surface area contributed by atoms with Crippen LogP contribution in [0.1, 0.15) is 21.9 Å². The summed E-state index contributed by atoms with van der Waals surface area (Å²) in [5, 5.41) is 5.14. The minimum absolute atomic E-state index is 0.0212. The molecule has 1 atom stereocenters. The van der Waals surface area contributed by atoms with E-state index in [1.807, 2.05) is 0 Å². The van der Waals surface area contributed by atoms with Crippen molar-refractivity contribution in [3.63, 3.8) is 0 Å². The topological polar surface area (TPSA) is 150 Å². The number of nitrogens with two attached hydrogens (primary N) is 1. The molecule has 2 heterocycles. The third kappa shape index (κ3) is 3.73. The van der Waals surface area contributed by atoms with Crippen molar-refractivity contribution < 1.29 is 31.9 Å². The van der Waals surface area contributed by atoms with Crippen LogP contribution in [0, 0.1) is 13.8 Å². The van der Waals surface area contributed by atoms with Gasteiger partial charge in [0.25, 0.3) is 11.8 Å². The van der Waals surface area contributed by atoms with Crippen LogP contribution >= 0.6 is 0 Å². The summed E-state index contributed by atoms with van der Waals surface area (Å²) in [6, 6.07) is 6.83. The summed E-state index contributed by atoms with van der Waals surface area (Å²) in [4.78, 5) is 24.1. The highest BCUT2D eigenvalue weighted by Crippen LogP contribution is 2.30. The van der Waals surface area contributed by atoms with E-state index in [1.165, 1.54) is 13.8 Å². The maximum Gasteiger partial charge on any atom is 0.283 e. The van der Waals surface area contributed by atoms with E-state index >= 15 is 0 Å². The molecule has 0 saturated heterocycles. The first-order valence-electron chi connectivity index (χ1n) is 7.80. The quantitative estimate of drug-likeness (QED) is 0.626. The number of hydrogen-bond donors (Lipinski definition) is 3. The molecule has 0 radical (unpaired) electrons. The summed E-state index contributed by atoms with van der Waals surface area (Å²) in [5.74, 6) is -0.630. The molecule has 144 valence electrons. The number of hydrogen-bond acceptors (Lipinski definition) is 7. The highest BCUT2D eigenvalue weighted by atomic mass is 32.2. The van der Waals surface area contributed by atoms with Gasteiger partial charge in [-0.05, 0) is 26.0 Å². The second kappa shape index (κ2) is 6.93. The standard InChI is InChI=1S/C16H17N3O7S/c1-8-13(14(9(2)25-8)27(17,22)23)16(21)19-18-15(20)12-7-24-10-5-3-4-6-11(10)26-12/h3-6,12H,7H2,1-2H3,(H,18,20)(H,19,21)(H2,17,22,23). The van der Waals surface area contributed by atoms with Crippen molar-refractivity contribution in [3.05, 3.63) is 41.3 Å². The van der Waals surface area contributed by atoms with Crippen molar-refractivity contribution in [2.75, 3.05) is 6.61 Å². The van der Waals surface area contributed by atoms with Gasteiger partial charge in [0, 0.05) is 0 Å². The molecular formula is C16H17N3O7S. The van der Waals surface area contributed by atoms with Gasteiger partial charge in [0.1, 0.15) is 28.6 Å². The zero-order chi connectivity index (χ0) is 19.8. The Hall–Kier alpha value is -3.05. The van der Waals surface area contributed by atoms with E-state index in [2.05, 4.69) is 10.9 Å². The molecule has 2 aromatic rings. The largest absolute Gasteiger partial charge is 0.485 e. The minimum atomic E-state index is -4.19. The Kier molecular flexibility index (Phi) is 4.81. The van der Waals surface area contributed by atoms with Crippen LogP contribution in [0.4, 0.5) is 0 Å². The summed E-state index contributed by atoms with van der Waals surface area (Å²) in [6.07, 6.45) is -0.995. The number of primary sulfonamides is 1. The number of amides is 2. The van der Waals surface area contributed by atoms with Gasteiger partial charge >= 0.3 is 0 Å². The third-order valence-corrected chi connectivity index (χ3v) is 4.88. The van der Waals surface area contributed by atoms with Crippen LogP contribution in [-0.4, -0.2) is 32.9 Å². The van der Waals surface area contributed by atoms with Gasteiger partial charge in [-0.15, -0.1) is 0 Å². The molecule has 2 amide bonds. The van der Waals surface area contributed by atoms with Crippen molar-refractivity contribution >= 4 is 21.8 Å². The van der Waals surface area contributed by atoms with Gasteiger partial charge < -0.3 is 13.9 Å². The SMILES string of the molecule is Cc1oc(C)c(S(N)(=O)=O)c1C(=O)NNC(=O)C1COc2ccccc2O1. The summed E-state index contributed by atoms with van der Waals surface area (Å²) in [7, 11) is -4.19. The molecule has 11 heteroatoms. The van der Waals surface area contributed by atoms with Gasteiger partial charge in [-0.25, -0.2) is 13.6 Å². The van der Waals surface area contributed by atoms with Crippen LogP contribution in [0.5, 0.6) is 11.5 Å². The molecule has 0 saturated carbocycles. The second-order valence-corrected chi connectivity index (χ2v) is 7.27. The summed E-state index contributed by atoms with van der Waals surface area (Å²) < 4.78 is 39.5. The normalized spacial score (nSPS) is 15.9. The smallest absolute Gasteiger partial charge is 0.283 e. The summed E-state index contributed by atoms with van der Waals surface area (Å²) >= 11 is 0. The molecule has 0 bridgehead atoms. The predicted molar refractivity (Wildman–Crippen MR) is 91.5 cm³/mol. The zero-order valence-corrected chi connectivity index (χ0v) is 15.3. The van der Waals surface area contributed by atoms with Crippen LogP contribution in [0.25, 0.3) is 0 Å². The molecule has 0 aliphatic carbocycles. The van der Waals surface area contributed by atoms with Crippen molar-refractivity contribution in [2.45, 2.75) is 24.8 Å². The first-order valence-corrected chi connectivity index (χ1v) is 9.34. The van der Waals surface area contributed by atoms with E-state index < -0.39 is 32.8 Å². The van der Waals surface area contributed by atoms with Crippen LogP contribution in [0.15, 0.2) is 33.6 Å². The number of furan rings is 1. The summed E-state index contributed by atoms with van der Waals surface area (Å²) in [6.45, 7) is 2.73. The number of carbonyl (C=O) groups excluding carboxylic acids is 2. The van der Waals surface area contributed by atoms with Gasteiger partial charge in [0.2, 0.25) is 16.1 Å². The lowest BCUT2D eigenvalue weighted by Crippen LogP contribution is -2.51. The Balaban J connectivity index is 1.70. The van der Waals surface area contributed by atoms with E-state index in [1.54, 1.807) is 24.3 Å². The molecule has 10 nitrogen and oxygen atoms in total. The number of sulfonamides is 1. The van der Waals surface area contributed by atoms with Crippen LogP contribution in [-0.2, 0) is 14.8 Å². The number of ether oxygens (including phenoxy) is 2. The van der Waals surface area contributed by atoms with Crippen LogP contribution < -0.4 is 25.5 Å². The molecule has 3 rings (SSSR count). The monoisotopic (exact) mass is 395 g/mol. The number of nitrogens with one attached hydrogen (secondary N) is 2. The Morgan fingerprint density at radius 2 is 1.78 bits per heavy atom. The maximum absolute atomic E-state index is 12.4. The first kappa shape index (κ1) is 18.7. The van der Waals surface area contributed by atoms with Crippen molar-refractivity contribution in [3.8, 4) is 11.5 Å². The van der Waals surface area contributed by atoms with Crippen molar-refractivity contribution in [1.82, 2.24) is 10.9 Å². The van der Waals surface area contributed by atoms with Gasteiger partial charge in [-0.2, -0.15) is 0 Å². The molecule has 0 spiro atoms. The Morgan fingerprint density at radius 3 is 2.44 bits per heavy atom. The van der Waals surface area contributed by atoms with E-state index in [-0.39, 0.29) is 23.7 Å². The van der Waals surface area contributed by atoms with Gasteiger partial charge in [0.05, 0.1) is 0 Å². The van der Waals surface area contributed by atoms with E-state index in [0.717, 1.165) is 0 Å². The average molecular weight is 395 g/mol. The third-order valence-electron chi connectivity index (χ3n) is 3.82. The molecule has 1 aromatic heterocycles. The lowest BCUT2D eigenvalue weighted by molar-refractivity contribution is -0.131.